The van der Waals surface area contributed by atoms with Crippen molar-refractivity contribution >= 4 is 29.6 Å². The summed E-state index contributed by atoms with van der Waals surface area (Å²) in [6.45, 7) is 1.60. The predicted molar refractivity (Wildman–Crippen MR) is 64.8 cm³/mol. The van der Waals surface area contributed by atoms with E-state index < -0.39 is 25.6 Å². The van der Waals surface area contributed by atoms with Crippen LogP contribution in [-0.4, -0.2) is 23.5 Å². The van der Waals surface area contributed by atoms with E-state index in [9.17, 15) is 4.79 Å². The van der Waals surface area contributed by atoms with Gasteiger partial charge in [-0.05, 0) is 0 Å². The number of methoxy groups -OCH3 is 1. The molecule has 1 rings (SSSR count). The van der Waals surface area contributed by atoms with Gasteiger partial charge in [-0.15, -0.1) is 0 Å². The standard InChI is InChI=1S/C11H12O3.2ClH.Ru/c1-9(11(12)13-2)14-8-10-6-4-3-5-7-10;;;/h3-7,9H,1-2H3;2*1H;/q;;;+2/p-2. The van der Waals surface area contributed by atoms with Gasteiger partial charge in [-0.25, -0.2) is 0 Å². The number of esters is 1. The van der Waals surface area contributed by atoms with Gasteiger partial charge in [0.1, 0.15) is 0 Å². The molecule has 96 valence electrons. The zero-order valence-corrected chi connectivity index (χ0v) is 12.5. The van der Waals surface area contributed by atoms with Crippen LogP contribution < -0.4 is 0 Å². The van der Waals surface area contributed by atoms with Crippen molar-refractivity contribution in [2.45, 2.75) is 13.0 Å². The molecule has 0 N–H and O–H groups in total. The van der Waals surface area contributed by atoms with E-state index in [4.69, 9.17) is 24.1 Å². The summed E-state index contributed by atoms with van der Waals surface area (Å²) in [5, 5.41) is 0. The van der Waals surface area contributed by atoms with Gasteiger partial charge in [0.15, 0.2) is 0 Å². The molecule has 0 heterocycles. The number of carbonyl (C=O) groups excluding carboxylic acids is 1. The summed E-state index contributed by atoms with van der Waals surface area (Å²) in [5.74, 6) is -0.456. The number of halogens is 2. The molecule has 0 saturated heterocycles. The van der Waals surface area contributed by atoms with E-state index in [1.54, 1.807) is 6.92 Å². The molecule has 0 radical (unpaired) electrons. The zero-order valence-electron chi connectivity index (χ0n) is 9.30. The SMILES string of the molecule is COC(=O)C(C)O[C](c1ccccc1)=[Ru]([Cl])[Cl]. The maximum atomic E-state index is 11.3. The van der Waals surface area contributed by atoms with Gasteiger partial charge >= 0.3 is 113 Å². The Labute approximate surface area is 113 Å². The Morgan fingerprint density at radius 1 is 1.29 bits per heavy atom. The third kappa shape index (κ3) is 4.48. The molecule has 1 atom stereocenters. The molecule has 6 heteroatoms. The van der Waals surface area contributed by atoms with E-state index >= 15 is 0 Å². The third-order valence-electron chi connectivity index (χ3n) is 1.93. The molecule has 1 aromatic carbocycles. The van der Waals surface area contributed by atoms with Gasteiger partial charge in [-0.1, -0.05) is 0 Å². The summed E-state index contributed by atoms with van der Waals surface area (Å²) in [7, 11) is 13.2. The van der Waals surface area contributed by atoms with E-state index in [1.807, 2.05) is 30.3 Å². The van der Waals surface area contributed by atoms with Gasteiger partial charge in [0.25, 0.3) is 0 Å². The Balaban J connectivity index is 2.91. The molecule has 1 unspecified atom stereocenters. The van der Waals surface area contributed by atoms with Crippen LogP contribution in [0.2, 0.25) is 0 Å². The molecule has 0 aliphatic heterocycles. The van der Waals surface area contributed by atoms with Crippen molar-refractivity contribution in [1.29, 1.82) is 0 Å². The average molecular weight is 364 g/mol. The fraction of sp³-hybridized carbons (Fsp3) is 0.273. The van der Waals surface area contributed by atoms with Crippen LogP contribution in [0.5, 0.6) is 0 Å². The quantitative estimate of drug-likeness (QED) is 0.609. The van der Waals surface area contributed by atoms with Crippen molar-refractivity contribution in [2.24, 2.45) is 0 Å². The summed E-state index contributed by atoms with van der Waals surface area (Å²) in [5.41, 5.74) is 0.798. The number of ether oxygens (including phenoxy) is 2. The van der Waals surface area contributed by atoms with E-state index in [2.05, 4.69) is 4.74 Å². The van der Waals surface area contributed by atoms with Crippen LogP contribution in [0.1, 0.15) is 12.5 Å². The van der Waals surface area contributed by atoms with Gasteiger partial charge < -0.3 is 0 Å². The van der Waals surface area contributed by atoms with Crippen LogP contribution in [0, 0.1) is 0 Å². The normalized spacial score (nSPS) is 12.8. The average Bonchev–Trinajstić information content (AvgIpc) is 2.35. The minimum absolute atomic E-state index is 0.456. The van der Waals surface area contributed by atoms with Crippen molar-refractivity contribution in [3.8, 4) is 0 Å². The Bertz CT molecular complexity index is 416. The first-order valence-corrected chi connectivity index (χ1v) is 10.1. The Morgan fingerprint density at radius 3 is 2.35 bits per heavy atom. The molecule has 0 aromatic heterocycles. The molecule has 0 fully saturated rings. The molecule has 0 aliphatic rings. The molecule has 0 spiro atoms. The molecule has 0 saturated carbocycles. The number of hydrogen-bond donors (Lipinski definition) is 0. The van der Waals surface area contributed by atoms with Crippen LogP contribution in [0.15, 0.2) is 30.3 Å². The first kappa shape index (κ1) is 14.8. The van der Waals surface area contributed by atoms with Crippen LogP contribution in [0.4, 0.5) is 0 Å². The van der Waals surface area contributed by atoms with Crippen LogP contribution >= 0.6 is 19.4 Å². The van der Waals surface area contributed by atoms with Crippen LogP contribution in [-0.2, 0) is 27.8 Å². The van der Waals surface area contributed by atoms with Crippen molar-refractivity contribution in [3.63, 3.8) is 0 Å². The molecule has 0 amide bonds. The van der Waals surface area contributed by atoms with Gasteiger partial charge in [-0.3, -0.25) is 0 Å². The van der Waals surface area contributed by atoms with Gasteiger partial charge in [-0.2, -0.15) is 0 Å². The number of carbonyl (C=O) groups is 1. The van der Waals surface area contributed by atoms with Gasteiger partial charge in [0.2, 0.25) is 0 Å². The number of rotatable bonds is 4. The zero-order chi connectivity index (χ0) is 12.8. The van der Waals surface area contributed by atoms with Gasteiger partial charge in [0.05, 0.1) is 0 Å². The summed E-state index contributed by atoms with van der Waals surface area (Å²) in [4.78, 5) is 11.3. The fourth-order valence-corrected chi connectivity index (χ4v) is 3.52. The monoisotopic (exact) mass is 364 g/mol. The summed E-state index contributed by atoms with van der Waals surface area (Å²) in [6.07, 6.45) is -0.719. The Hall–Kier alpha value is -0.277. The number of benzene rings is 1. The summed E-state index contributed by atoms with van der Waals surface area (Å²) >= 11 is -2.23. The predicted octanol–water partition coefficient (Wildman–Crippen LogP) is 2.67. The second-order valence-corrected chi connectivity index (χ2v) is 8.76. The third-order valence-corrected chi connectivity index (χ3v) is 4.66. The van der Waals surface area contributed by atoms with Crippen molar-refractivity contribution in [2.75, 3.05) is 7.11 Å². The Kier molecular flexibility index (Phi) is 6.28. The van der Waals surface area contributed by atoms with Crippen molar-refractivity contribution < 1.29 is 27.8 Å². The number of hydrogen-bond acceptors (Lipinski definition) is 3. The van der Waals surface area contributed by atoms with Crippen molar-refractivity contribution in [3.05, 3.63) is 35.9 Å². The Morgan fingerprint density at radius 2 is 1.88 bits per heavy atom. The minimum atomic E-state index is -2.23. The van der Waals surface area contributed by atoms with Crippen LogP contribution in [0.25, 0.3) is 0 Å². The van der Waals surface area contributed by atoms with Crippen molar-refractivity contribution in [1.82, 2.24) is 0 Å². The second kappa shape index (κ2) is 7.22. The molecule has 17 heavy (non-hydrogen) atoms. The first-order valence-electron chi connectivity index (χ1n) is 4.73. The maximum absolute atomic E-state index is 11.3. The van der Waals surface area contributed by atoms with Gasteiger partial charge in [0, 0.05) is 0 Å². The molecule has 3 nitrogen and oxygen atoms in total. The summed E-state index contributed by atoms with van der Waals surface area (Å²) < 4.78 is 10.6. The second-order valence-electron chi connectivity index (χ2n) is 3.10. The fourth-order valence-electron chi connectivity index (χ4n) is 1.11. The molecule has 1 aromatic rings. The molecular weight excluding hydrogens is 352 g/mol. The molecular formula is C11H12Cl2O3Ru. The first-order chi connectivity index (χ1) is 8.06. The molecule has 0 aliphatic carbocycles. The van der Waals surface area contributed by atoms with E-state index in [-0.39, 0.29) is 0 Å². The van der Waals surface area contributed by atoms with Crippen LogP contribution in [0.3, 0.4) is 0 Å². The van der Waals surface area contributed by atoms with E-state index in [0.29, 0.717) is 4.29 Å². The van der Waals surface area contributed by atoms with E-state index in [0.717, 1.165) is 5.56 Å². The summed E-state index contributed by atoms with van der Waals surface area (Å²) in [6, 6.07) is 9.26. The van der Waals surface area contributed by atoms with E-state index in [1.165, 1.54) is 7.11 Å². The topological polar surface area (TPSA) is 35.5 Å². The molecule has 0 bridgehead atoms.